The van der Waals surface area contributed by atoms with Crippen LogP contribution in [0, 0.1) is 0 Å². The van der Waals surface area contributed by atoms with Crippen molar-refractivity contribution in [3.05, 3.63) is 94.5 Å². The minimum atomic E-state index is -3.89. The molecular formula is C21H18Cl2N2O3S. The van der Waals surface area contributed by atoms with Crippen LogP contribution in [0.25, 0.3) is 0 Å². The summed E-state index contributed by atoms with van der Waals surface area (Å²) in [7, 11) is -3.89. The Kier molecular flexibility index (Phi) is 6.92. The molecule has 0 saturated heterocycles. The number of hydrogen-bond donors (Lipinski definition) is 1. The molecule has 0 aliphatic carbocycles. The van der Waals surface area contributed by atoms with Crippen LogP contribution in [0.15, 0.2) is 83.8 Å². The minimum absolute atomic E-state index is 0.0504. The van der Waals surface area contributed by atoms with Crippen molar-refractivity contribution in [1.29, 1.82) is 0 Å². The van der Waals surface area contributed by atoms with Crippen molar-refractivity contribution in [2.45, 2.75) is 11.4 Å². The standard InChI is InChI=1S/C21H18Cl2N2O3S/c22-17-11-12-19(23)20(13-17)24-21(26)15-25(14-16-7-3-1-4-8-16)29(27,28)18-9-5-2-6-10-18/h1-13H,14-15H2,(H,24,26). The van der Waals surface area contributed by atoms with E-state index in [-0.39, 0.29) is 18.0 Å². The van der Waals surface area contributed by atoms with Gasteiger partial charge in [0.1, 0.15) is 0 Å². The van der Waals surface area contributed by atoms with Gasteiger partial charge in [-0.1, -0.05) is 71.7 Å². The van der Waals surface area contributed by atoms with Crippen LogP contribution in [-0.4, -0.2) is 25.2 Å². The number of amides is 1. The van der Waals surface area contributed by atoms with Crippen LogP contribution in [0.1, 0.15) is 5.56 Å². The zero-order chi connectivity index (χ0) is 20.9. The number of benzene rings is 3. The second kappa shape index (κ2) is 9.41. The highest BCUT2D eigenvalue weighted by atomic mass is 35.5. The van der Waals surface area contributed by atoms with Crippen LogP contribution in [0.3, 0.4) is 0 Å². The van der Waals surface area contributed by atoms with Gasteiger partial charge in [-0.3, -0.25) is 4.79 Å². The van der Waals surface area contributed by atoms with E-state index in [0.29, 0.717) is 15.7 Å². The predicted octanol–water partition coefficient (Wildman–Crippen LogP) is 4.82. The monoisotopic (exact) mass is 448 g/mol. The normalized spacial score (nSPS) is 11.4. The summed E-state index contributed by atoms with van der Waals surface area (Å²) < 4.78 is 27.4. The van der Waals surface area contributed by atoms with E-state index < -0.39 is 15.9 Å². The fourth-order valence-corrected chi connectivity index (χ4v) is 4.44. The van der Waals surface area contributed by atoms with Gasteiger partial charge in [-0.2, -0.15) is 4.31 Å². The second-order valence-electron chi connectivity index (χ2n) is 6.24. The van der Waals surface area contributed by atoms with E-state index >= 15 is 0 Å². The van der Waals surface area contributed by atoms with Crippen LogP contribution < -0.4 is 5.32 Å². The van der Waals surface area contributed by atoms with E-state index in [9.17, 15) is 13.2 Å². The Morgan fingerprint density at radius 2 is 1.52 bits per heavy atom. The first-order valence-corrected chi connectivity index (χ1v) is 10.9. The first-order chi connectivity index (χ1) is 13.9. The number of carbonyl (C=O) groups is 1. The molecule has 5 nitrogen and oxygen atoms in total. The van der Waals surface area contributed by atoms with Gasteiger partial charge in [0.05, 0.1) is 22.2 Å². The van der Waals surface area contributed by atoms with E-state index in [4.69, 9.17) is 23.2 Å². The summed E-state index contributed by atoms with van der Waals surface area (Å²) in [6.07, 6.45) is 0. The molecule has 0 saturated carbocycles. The second-order valence-corrected chi connectivity index (χ2v) is 9.03. The van der Waals surface area contributed by atoms with Gasteiger partial charge < -0.3 is 5.32 Å². The molecule has 8 heteroatoms. The van der Waals surface area contributed by atoms with Crippen LogP contribution in [0.5, 0.6) is 0 Å². The number of nitrogens with zero attached hydrogens (tertiary/aromatic N) is 1. The molecule has 0 aliphatic heterocycles. The summed E-state index contributed by atoms with van der Waals surface area (Å²) in [4.78, 5) is 12.8. The highest BCUT2D eigenvalue weighted by molar-refractivity contribution is 7.89. The van der Waals surface area contributed by atoms with Crippen LogP contribution >= 0.6 is 23.2 Å². The fraction of sp³-hybridized carbons (Fsp3) is 0.0952. The summed E-state index contributed by atoms with van der Waals surface area (Å²) in [6.45, 7) is -0.330. The smallest absolute Gasteiger partial charge is 0.243 e. The van der Waals surface area contributed by atoms with Crippen LogP contribution in [0.4, 0.5) is 5.69 Å². The van der Waals surface area contributed by atoms with Crippen LogP contribution in [0.2, 0.25) is 10.0 Å². The average molecular weight is 449 g/mol. The lowest BCUT2D eigenvalue weighted by Crippen LogP contribution is -2.37. The van der Waals surface area contributed by atoms with Gasteiger partial charge in [-0.15, -0.1) is 0 Å². The van der Waals surface area contributed by atoms with Crippen molar-refractivity contribution in [1.82, 2.24) is 4.31 Å². The van der Waals surface area contributed by atoms with Gasteiger partial charge in [0, 0.05) is 11.6 Å². The molecule has 0 aliphatic rings. The summed E-state index contributed by atoms with van der Waals surface area (Å²) >= 11 is 12.0. The Bertz CT molecular complexity index is 1090. The van der Waals surface area contributed by atoms with Crippen molar-refractivity contribution in [2.24, 2.45) is 0 Å². The largest absolute Gasteiger partial charge is 0.324 e. The molecule has 150 valence electrons. The topological polar surface area (TPSA) is 66.5 Å². The molecule has 3 aromatic carbocycles. The van der Waals surface area contributed by atoms with Crippen molar-refractivity contribution in [2.75, 3.05) is 11.9 Å². The van der Waals surface area contributed by atoms with E-state index in [0.717, 1.165) is 9.87 Å². The maximum atomic E-state index is 13.1. The Balaban J connectivity index is 1.87. The highest BCUT2D eigenvalue weighted by Gasteiger charge is 2.27. The molecule has 0 fully saturated rings. The number of nitrogens with one attached hydrogen (secondary N) is 1. The number of halogens is 2. The molecule has 0 aromatic heterocycles. The molecule has 0 unspecified atom stereocenters. The maximum absolute atomic E-state index is 13.1. The van der Waals surface area contributed by atoms with Crippen molar-refractivity contribution < 1.29 is 13.2 Å². The van der Waals surface area contributed by atoms with Crippen molar-refractivity contribution in [3.63, 3.8) is 0 Å². The molecule has 29 heavy (non-hydrogen) atoms. The van der Waals surface area contributed by atoms with Crippen LogP contribution in [-0.2, 0) is 21.4 Å². The SMILES string of the molecule is O=C(CN(Cc1ccccc1)S(=O)(=O)c1ccccc1)Nc1cc(Cl)ccc1Cl. The van der Waals surface area contributed by atoms with Crippen molar-refractivity contribution in [3.8, 4) is 0 Å². The molecule has 0 atom stereocenters. The Morgan fingerprint density at radius 3 is 2.17 bits per heavy atom. The number of rotatable bonds is 7. The summed E-state index contributed by atoms with van der Waals surface area (Å²) in [5, 5.41) is 3.34. The Labute approximate surface area is 179 Å². The Hall–Kier alpha value is -2.38. The fourth-order valence-electron chi connectivity index (χ4n) is 2.70. The zero-order valence-corrected chi connectivity index (χ0v) is 17.6. The number of hydrogen-bond acceptors (Lipinski definition) is 3. The quantitative estimate of drug-likeness (QED) is 0.562. The Morgan fingerprint density at radius 1 is 0.897 bits per heavy atom. The lowest BCUT2D eigenvalue weighted by molar-refractivity contribution is -0.116. The lowest BCUT2D eigenvalue weighted by Gasteiger charge is -2.22. The third-order valence-electron chi connectivity index (χ3n) is 4.11. The molecule has 3 rings (SSSR count). The summed E-state index contributed by atoms with van der Waals surface area (Å²) in [5.41, 5.74) is 1.08. The third-order valence-corrected chi connectivity index (χ3v) is 6.48. The third kappa shape index (κ3) is 5.58. The zero-order valence-electron chi connectivity index (χ0n) is 15.3. The number of carbonyl (C=O) groups excluding carboxylic acids is 1. The average Bonchev–Trinajstić information content (AvgIpc) is 2.71. The maximum Gasteiger partial charge on any atom is 0.243 e. The lowest BCUT2D eigenvalue weighted by atomic mass is 10.2. The molecule has 0 spiro atoms. The van der Waals surface area contributed by atoms with E-state index in [2.05, 4.69) is 5.32 Å². The van der Waals surface area contributed by atoms with Gasteiger partial charge >= 0.3 is 0 Å². The van der Waals surface area contributed by atoms with Gasteiger partial charge in [0.25, 0.3) is 0 Å². The van der Waals surface area contributed by atoms with Gasteiger partial charge in [0.15, 0.2) is 0 Å². The molecule has 0 bridgehead atoms. The summed E-state index contributed by atoms with van der Waals surface area (Å²) in [6, 6.07) is 21.7. The first-order valence-electron chi connectivity index (χ1n) is 8.70. The molecule has 0 radical (unpaired) electrons. The minimum Gasteiger partial charge on any atom is -0.324 e. The van der Waals surface area contributed by atoms with Gasteiger partial charge in [-0.05, 0) is 35.9 Å². The first kappa shape index (κ1) is 21.3. The molecule has 3 aromatic rings. The number of anilines is 1. The van der Waals surface area contributed by atoms with Gasteiger partial charge in [0.2, 0.25) is 15.9 Å². The molecular weight excluding hydrogens is 431 g/mol. The van der Waals surface area contributed by atoms with Crippen molar-refractivity contribution >= 4 is 44.8 Å². The highest BCUT2D eigenvalue weighted by Crippen LogP contribution is 2.26. The van der Waals surface area contributed by atoms with E-state index in [1.54, 1.807) is 42.5 Å². The summed E-state index contributed by atoms with van der Waals surface area (Å²) in [5.74, 6) is -0.524. The number of sulfonamides is 1. The molecule has 1 amide bonds. The van der Waals surface area contributed by atoms with E-state index in [1.165, 1.54) is 18.2 Å². The van der Waals surface area contributed by atoms with E-state index in [1.807, 2.05) is 18.2 Å². The predicted molar refractivity (Wildman–Crippen MR) is 116 cm³/mol. The molecule has 1 N–H and O–H groups in total. The molecule has 0 heterocycles. The van der Waals surface area contributed by atoms with Gasteiger partial charge in [-0.25, -0.2) is 8.42 Å².